The summed E-state index contributed by atoms with van der Waals surface area (Å²) in [6, 6.07) is 17.1. The first-order valence-electron chi connectivity index (χ1n) is 10.6. The van der Waals surface area contributed by atoms with E-state index in [0.717, 1.165) is 16.1 Å². The summed E-state index contributed by atoms with van der Waals surface area (Å²) in [6.45, 7) is 0. The molecule has 0 saturated heterocycles. The highest BCUT2D eigenvalue weighted by molar-refractivity contribution is 7.15. The molecule has 0 unspecified atom stereocenters. The molecule has 8 nitrogen and oxygen atoms in total. The van der Waals surface area contributed by atoms with Crippen LogP contribution < -0.4 is 10.9 Å². The fourth-order valence-corrected chi connectivity index (χ4v) is 4.49. The van der Waals surface area contributed by atoms with Crippen LogP contribution in [-0.4, -0.2) is 30.6 Å². The fraction of sp³-hybridized carbons (Fsp3) is 0.125. The normalized spacial score (nSPS) is 11.1. The van der Waals surface area contributed by atoms with E-state index in [4.69, 9.17) is 11.6 Å². The van der Waals surface area contributed by atoms with Crippen LogP contribution >= 0.6 is 22.9 Å². The Kier molecular flexibility index (Phi) is 6.20. The highest BCUT2D eigenvalue weighted by atomic mass is 35.5. The molecule has 2 aromatic carbocycles. The molecule has 170 valence electrons. The number of benzene rings is 2. The molecule has 0 radical (unpaired) electrons. The molecule has 2 N–H and O–H groups in total. The molecule has 0 aliphatic rings. The summed E-state index contributed by atoms with van der Waals surface area (Å²) < 4.78 is 1.62. The van der Waals surface area contributed by atoms with Crippen molar-refractivity contribution in [1.29, 1.82) is 0 Å². The molecule has 34 heavy (non-hydrogen) atoms. The van der Waals surface area contributed by atoms with Crippen molar-refractivity contribution in [1.82, 2.24) is 24.7 Å². The van der Waals surface area contributed by atoms with Crippen LogP contribution in [-0.2, 0) is 17.6 Å². The maximum absolute atomic E-state index is 12.5. The minimum atomic E-state index is -0.283. The van der Waals surface area contributed by atoms with Crippen LogP contribution in [0.1, 0.15) is 22.7 Å². The SMILES string of the molecule is O=C(CCc1nc2c(cnn2-c2ccccc2)c(=O)[nH]1)Nc1ncc(Cc2ccc(Cl)cc2)s1. The fourth-order valence-electron chi connectivity index (χ4n) is 3.50. The van der Waals surface area contributed by atoms with E-state index < -0.39 is 0 Å². The number of carbonyl (C=O) groups excluding carboxylic acids is 1. The molecule has 0 aliphatic carbocycles. The zero-order valence-corrected chi connectivity index (χ0v) is 19.4. The number of hydrogen-bond donors (Lipinski definition) is 2. The van der Waals surface area contributed by atoms with Crippen molar-refractivity contribution in [2.24, 2.45) is 0 Å². The number of aromatic amines is 1. The van der Waals surface area contributed by atoms with E-state index in [2.05, 4.69) is 25.4 Å². The summed E-state index contributed by atoms with van der Waals surface area (Å²) in [6.07, 6.45) is 4.40. The largest absolute Gasteiger partial charge is 0.310 e. The number of rotatable bonds is 7. The third kappa shape index (κ3) is 4.90. The quantitative estimate of drug-likeness (QED) is 0.352. The third-order valence-corrected chi connectivity index (χ3v) is 6.33. The molecule has 3 heterocycles. The summed E-state index contributed by atoms with van der Waals surface area (Å²) in [5, 5.41) is 8.74. The van der Waals surface area contributed by atoms with Crippen molar-refractivity contribution in [3.05, 3.63) is 98.6 Å². The second kappa shape index (κ2) is 9.58. The number of H-pyrrole nitrogens is 1. The van der Waals surface area contributed by atoms with Gasteiger partial charge in [-0.15, -0.1) is 11.3 Å². The molecule has 0 spiro atoms. The summed E-state index contributed by atoms with van der Waals surface area (Å²) >= 11 is 7.36. The van der Waals surface area contributed by atoms with Crippen molar-refractivity contribution in [2.45, 2.75) is 19.3 Å². The zero-order valence-electron chi connectivity index (χ0n) is 17.9. The molecule has 5 aromatic rings. The Morgan fingerprint density at radius 1 is 1.09 bits per heavy atom. The van der Waals surface area contributed by atoms with Crippen LogP contribution in [0.3, 0.4) is 0 Å². The maximum atomic E-state index is 12.5. The molecule has 3 aromatic heterocycles. The van der Waals surface area contributed by atoms with Crippen molar-refractivity contribution in [2.75, 3.05) is 5.32 Å². The second-order valence-electron chi connectivity index (χ2n) is 7.62. The standard InChI is InChI=1S/C24H19ClN6O2S/c25-16-8-6-15(7-9-16)12-18-13-26-24(34-18)30-21(32)11-10-20-28-22-19(23(33)29-20)14-27-31(22)17-4-2-1-3-5-17/h1-9,13-14H,10-12H2,(H,26,30,32)(H,28,29,33). The number of nitrogens with zero attached hydrogens (tertiary/aromatic N) is 4. The zero-order chi connectivity index (χ0) is 23.5. The number of aromatic nitrogens is 5. The Labute approximate surface area is 203 Å². The smallest absolute Gasteiger partial charge is 0.262 e. The van der Waals surface area contributed by atoms with Crippen LogP contribution in [0, 0.1) is 0 Å². The van der Waals surface area contributed by atoms with Gasteiger partial charge < -0.3 is 10.3 Å². The highest BCUT2D eigenvalue weighted by Crippen LogP contribution is 2.22. The summed E-state index contributed by atoms with van der Waals surface area (Å²) in [5.41, 5.74) is 2.09. The van der Waals surface area contributed by atoms with E-state index in [9.17, 15) is 9.59 Å². The predicted octanol–water partition coefficient (Wildman–Crippen LogP) is 4.38. The van der Waals surface area contributed by atoms with Gasteiger partial charge in [0, 0.05) is 35.4 Å². The lowest BCUT2D eigenvalue weighted by atomic mass is 10.1. The van der Waals surface area contributed by atoms with E-state index in [1.807, 2.05) is 54.6 Å². The summed E-state index contributed by atoms with van der Waals surface area (Å²) in [7, 11) is 0. The minimum absolute atomic E-state index is 0.153. The number of fused-ring (bicyclic) bond motifs is 1. The lowest BCUT2D eigenvalue weighted by Gasteiger charge is -2.05. The molecule has 0 atom stereocenters. The molecular weight excluding hydrogens is 472 g/mol. The lowest BCUT2D eigenvalue weighted by molar-refractivity contribution is -0.116. The Bertz CT molecular complexity index is 1510. The minimum Gasteiger partial charge on any atom is -0.310 e. The van der Waals surface area contributed by atoms with E-state index in [1.54, 1.807) is 10.9 Å². The monoisotopic (exact) mass is 490 g/mol. The number of anilines is 1. The molecule has 0 saturated carbocycles. The van der Waals surface area contributed by atoms with E-state index >= 15 is 0 Å². The number of nitrogens with one attached hydrogen (secondary N) is 2. The second-order valence-corrected chi connectivity index (χ2v) is 9.18. The summed E-state index contributed by atoms with van der Waals surface area (Å²) in [5.74, 6) is 0.222. The molecule has 1 amide bonds. The topological polar surface area (TPSA) is 106 Å². The molecule has 10 heteroatoms. The van der Waals surface area contributed by atoms with Gasteiger partial charge in [0.15, 0.2) is 10.8 Å². The Morgan fingerprint density at radius 2 is 1.88 bits per heavy atom. The number of para-hydroxylation sites is 1. The molecular formula is C24H19ClN6O2S. The molecule has 0 bridgehead atoms. The van der Waals surface area contributed by atoms with Gasteiger partial charge in [-0.2, -0.15) is 5.10 Å². The van der Waals surface area contributed by atoms with Crippen LogP contribution in [0.5, 0.6) is 0 Å². The van der Waals surface area contributed by atoms with Crippen molar-refractivity contribution >= 4 is 45.0 Å². The molecule has 5 rings (SSSR count). The van der Waals surface area contributed by atoms with Gasteiger partial charge in [-0.25, -0.2) is 14.6 Å². The Balaban J connectivity index is 1.24. The number of halogens is 1. The Hall–Kier alpha value is -3.82. The van der Waals surface area contributed by atoms with E-state index in [-0.39, 0.29) is 24.3 Å². The van der Waals surface area contributed by atoms with Gasteiger partial charge >= 0.3 is 0 Å². The van der Waals surface area contributed by atoms with Crippen molar-refractivity contribution in [3.8, 4) is 5.69 Å². The van der Waals surface area contributed by atoms with Crippen LogP contribution in [0.4, 0.5) is 5.13 Å². The van der Waals surface area contributed by atoms with E-state index in [1.165, 1.54) is 17.5 Å². The number of aryl methyl sites for hydroxylation is 1. The van der Waals surface area contributed by atoms with Gasteiger partial charge in [0.25, 0.3) is 5.56 Å². The number of carbonyl (C=O) groups is 1. The molecule has 0 fully saturated rings. The first kappa shape index (κ1) is 22.0. The number of thiazole rings is 1. The first-order valence-corrected chi connectivity index (χ1v) is 11.8. The van der Waals surface area contributed by atoms with Gasteiger partial charge in [0.2, 0.25) is 5.91 Å². The van der Waals surface area contributed by atoms with Gasteiger partial charge in [-0.3, -0.25) is 9.59 Å². The predicted molar refractivity (Wildman–Crippen MR) is 133 cm³/mol. The van der Waals surface area contributed by atoms with Gasteiger partial charge in [-0.05, 0) is 29.8 Å². The van der Waals surface area contributed by atoms with Crippen molar-refractivity contribution < 1.29 is 4.79 Å². The highest BCUT2D eigenvalue weighted by Gasteiger charge is 2.13. The molecule has 0 aliphatic heterocycles. The van der Waals surface area contributed by atoms with E-state index in [0.29, 0.717) is 33.4 Å². The number of hydrogen-bond acceptors (Lipinski definition) is 6. The van der Waals surface area contributed by atoms with Gasteiger partial charge in [-0.1, -0.05) is 41.9 Å². The average Bonchev–Trinajstić information content (AvgIpc) is 3.47. The van der Waals surface area contributed by atoms with Gasteiger partial charge in [0.05, 0.1) is 11.9 Å². The first-order chi connectivity index (χ1) is 16.5. The van der Waals surface area contributed by atoms with Crippen molar-refractivity contribution in [3.63, 3.8) is 0 Å². The van der Waals surface area contributed by atoms with Crippen LogP contribution in [0.25, 0.3) is 16.7 Å². The van der Waals surface area contributed by atoms with Crippen LogP contribution in [0.2, 0.25) is 5.02 Å². The summed E-state index contributed by atoms with van der Waals surface area (Å²) in [4.78, 5) is 37.6. The lowest BCUT2D eigenvalue weighted by Crippen LogP contribution is -2.16. The average molecular weight is 491 g/mol. The number of amides is 1. The van der Waals surface area contributed by atoms with Crippen LogP contribution in [0.15, 0.2) is 71.8 Å². The maximum Gasteiger partial charge on any atom is 0.262 e. The van der Waals surface area contributed by atoms with Gasteiger partial charge in [0.1, 0.15) is 11.2 Å². The Morgan fingerprint density at radius 3 is 2.68 bits per heavy atom. The third-order valence-electron chi connectivity index (χ3n) is 5.17.